The van der Waals surface area contributed by atoms with Gasteiger partial charge in [0.25, 0.3) is 0 Å². The van der Waals surface area contributed by atoms with Crippen molar-refractivity contribution in [3.05, 3.63) is 30.0 Å². The highest BCUT2D eigenvalue weighted by molar-refractivity contribution is 5.91. The van der Waals surface area contributed by atoms with E-state index >= 15 is 0 Å². The maximum atomic E-state index is 11.1. The number of nitrogens with two attached hydrogens (primary N) is 1. The van der Waals surface area contributed by atoms with Crippen LogP contribution in [0.3, 0.4) is 0 Å². The summed E-state index contributed by atoms with van der Waals surface area (Å²) in [5, 5.41) is 11.0. The van der Waals surface area contributed by atoms with Gasteiger partial charge in [0.15, 0.2) is 0 Å². The number of nitrogen functional groups attached to an aromatic ring is 1. The van der Waals surface area contributed by atoms with Gasteiger partial charge >= 0.3 is 0 Å². The molecule has 1 aromatic rings. The maximum absolute atomic E-state index is 11.1. The van der Waals surface area contributed by atoms with E-state index in [-0.39, 0.29) is 19.1 Å². The molecule has 0 aromatic carbocycles. The number of carbonyl (C=O) groups excluding carboxylic acids is 1. The number of hydrogen-bond acceptors (Lipinski definition) is 4. The second kappa shape index (κ2) is 5.77. The van der Waals surface area contributed by atoms with E-state index in [2.05, 4.69) is 10.3 Å². The molecule has 15 heavy (non-hydrogen) atoms. The summed E-state index contributed by atoms with van der Waals surface area (Å²) < 4.78 is 0. The Bertz CT molecular complexity index is 346. The quantitative estimate of drug-likeness (QED) is 0.596. The lowest BCUT2D eigenvalue weighted by atomic mass is 10.2. The molecule has 0 aliphatic carbocycles. The standard InChI is InChI=1S/C10H13N3O2/c11-9-3-1-8(7-13-9)2-4-10(15)12-5-6-14/h1-4,7,14H,5-6H2,(H2,11,13)(H,12,15)/b4-2+. The molecule has 1 amide bonds. The SMILES string of the molecule is Nc1ccc(/C=C/C(=O)NCCO)cn1. The summed E-state index contributed by atoms with van der Waals surface area (Å²) in [6.45, 7) is 0.187. The van der Waals surface area contributed by atoms with Crippen molar-refractivity contribution in [2.24, 2.45) is 0 Å². The molecule has 4 N–H and O–H groups in total. The number of anilines is 1. The number of aliphatic hydroxyl groups is 1. The summed E-state index contributed by atoms with van der Waals surface area (Å²) in [6, 6.07) is 3.42. The summed E-state index contributed by atoms with van der Waals surface area (Å²) >= 11 is 0. The van der Waals surface area contributed by atoms with Crippen LogP contribution in [0.25, 0.3) is 6.08 Å². The van der Waals surface area contributed by atoms with E-state index in [0.29, 0.717) is 5.82 Å². The Balaban J connectivity index is 2.50. The molecule has 0 fully saturated rings. The van der Waals surface area contributed by atoms with Crippen LogP contribution in [0.15, 0.2) is 24.4 Å². The van der Waals surface area contributed by atoms with Gasteiger partial charge in [0.05, 0.1) is 6.61 Å². The number of aromatic nitrogens is 1. The van der Waals surface area contributed by atoms with Gasteiger partial charge in [-0.25, -0.2) is 4.98 Å². The van der Waals surface area contributed by atoms with Crippen molar-refractivity contribution >= 4 is 17.8 Å². The summed E-state index contributed by atoms with van der Waals surface area (Å²) in [5.74, 6) is 0.192. The average molecular weight is 207 g/mol. The molecule has 1 aromatic heterocycles. The average Bonchev–Trinajstić information content (AvgIpc) is 2.25. The first-order chi connectivity index (χ1) is 7.22. The van der Waals surface area contributed by atoms with E-state index in [4.69, 9.17) is 10.8 Å². The van der Waals surface area contributed by atoms with Crippen molar-refractivity contribution in [1.29, 1.82) is 0 Å². The van der Waals surface area contributed by atoms with Crippen LogP contribution in [0.1, 0.15) is 5.56 Å². The Kier molecular flexibility index (Phi) is 4.30. The van der Waals surface area contributed by atoms with Gasteiger partial charge < -0.3 is 16.2 Å². The van der Waals surface area contributed by atoms with Crippen LogP contribution in [-0.4, -0.2) is 29.1 Å². The van der Waals surface area contributed by atoms with Crippen LogP contribution in [-0.2, 0) is 4.79 Å². The summed E-state index contributed by atoms with van der Waals surface area (Å²) in [6.07, 6.45) is 4.58. The van der Waals surface area contributed by atoms with Gasteiger partial charge in [0.1, 0.15) is 5.82 Å². The molecule has 0 aliphatic heterocycles. The lowest BCUT2D eigenvalue weighted by Crippen LogP contribution is -2.24. The number of carbonyl (C=O) groups is 1. The summed E-state index contributed by atoms with van der Waals surface area (Å²) in [4.78, 5) is 15.0. The minimum absolute atomic E-state index is 0.0665. The molecular weight excluding hydrogens is 194 g/mol. The Morgan fingerprint density at radius 3 is 3.00 bits per heavy atom. The van der Waals surface area contributed by atoms with Crippen LogP contribution in [0.4, 0.5) is 5.82 Å². The highest BCUT2D eigenvalue weighted by Gasteiger charge is 1.93. The number of pyridine rings is 1. The molecule has 1 rings (SSSR count). The zero-order valence-electron chi connectivity index (χ0n) is 8.18. The van der Waals surface area contributed by atoms with Gasteiger partial charge in [-0.2, -0.15) is 0 Å². The third-order valence-electron chi connectivity index (χ3n) is 1.65. The van der Waals surface area contributed by atoms with E-state index in [1.807, 2.05) is 0 Å². The highest BCUT2D eigenvalue weighted by Crippen LogP contribution is 2.02. The Morgan fingerprint density at radius 2 is 2.40 bits per heavy atom. The van der Waals surface area contributed by atoms with Crippen LogP contribution < -0.4 is 11.1 Å². The molecule has 0 radical (unpaired) electrons. The normalized spacial score (nSPS) is 10.5. The minimum atomic E-state index is -0.249. The number of amides is 1. The highest BCUT2D eigenvalue weighted by atomic mass is 16.3. The summed E-state index contributed by atoms with van der Waals surface area (Å²) in [5.41, 5.74) is 6.20. The third-order valence-corrected chi connectivity index (χ3v) is 1.65. The van der Waals surface area contributed by atoms with Crippen molar-refractivity contribution < 1.29 is 9.90 Å². The molecule has 0 unspecified atom stereocenters. The predicted molar refractivity (Wildman–Crippen MR) is 57.8 cm³/mol. The first kappa shape index (κ1) is 11.2. The molecule has 0 atom stereocenters. The van der Waals surface area contributed by atoms with E-state index in [1.165, 1.54) is 6.08 Å². The molecule has 0 saturated carbocycles. The van der Waals surface area contributed by atoms with Gasteiger partial charge in [-0.1, -0.05) is 0 Å². The van der Waals surface area contributed by atoms with Gasteiger partial charge in [0.2, 0.25) is 5.91 Å². The zero-order valence-corrected chi connectivity index (χ0v) is 8.18. The lowest BCUT2D eigenvalue weighted by Gasteiger charge is -1.97. The van der Waals surface area contributed by atoms with Crippen LogP contribution in [0, 0.1) is 0 Å². The van der Waals surface area contributed by atoms with Crippen molar-refractivity contribution in [2.75, 3.05) is 18.9 Å². The minimum Gasteiger partial charge on any atom is -0.395 e. The number of nitrogens with one attached hydrogen (secondary N) is 1. The number of hydrogen-bond donors (Lipinski definition) is 3. The van der Waals surface area contributed by atoms with Crippen molar-refractivity contribution in [2.45, 2.75) is 0 Å². The van der Waals surface area contributed by atoms with E-state index < -0.39 is 0 Å². The Labute approximate surface area is 87.6 Å². The Morgan fingerprint density at radius 1 is 1.60 bits per heavy atom. The first-order valence-electron chi connectivity index (χ1n) is 4.50. The fourth-order valence-corrected chi connectivity index (χ4v) is 0.925. The topological polar surface area (TPSA) is 88.2 Å². The van der Waals surface area contributed by atoms with Crippen molar-refractivity contribution in [1.82, 2.24) is 10.3 Å². The molecular formula is C10H13N3O2. The van der Waals surface area contributed by atoms with Gasteiger partial charge in [0, 0.05) is 18.8 Å². The first-order valence-corrected chi connectivity index (χ1v) is 4.50. The molecule has 0 aliphatic rings. The maximum Gasteiger partial charge on any atom is 0.244 e. The molecule has 5 heteroatoms. The molecule has 0 bridgehead atoms. The van der Waals surface area contributed by atoms with Crippen LogP contribution in [0.2, 0.25) is 0 Å². The van der Waals surface area contributed by atoms with Crippen LogP contribution in [0.5, 0.6) is 0 Å². The lowest BCUT2D eigenvalue weighted by molar-refractivity contribution is -0.116. The molecule has 0 saturated heterocycles. The smallest absolute Gasteiger partial charge is 0.244 e. The number of nitrogens with zero attached hydrogens (tertiary/aromatic N) is 1. The van der Waals surface area contributed by atoms with E-state index in [1.54, 1.807) is 24.4 Å². The van der Waals surface area contributed by atoms with E-state index in [0.717, 1.165) is 5.56 Å². The zero-order chi connectivity index (χ0) is 11.1. The van der Waals surface area contributed by atoms with Gasteiger partial charge in [-0.05, 0) is 23.8 Å². The number of aliphatic hydroxyl groups excluding tert-OH is 1. The molecule has 0 spiro atoms. The fourth-order valence-electron chi connectivity index (χ4n) is 0.925. The van der Waals surface area contributed by atoms with Gasteiger partial charge in [-0.3, -0.25) is 4.79 Å². The summed E-state index contributed by atoms with van der Waals surface area (Å²) in [7, 11) is 0. The largest absolute Gasteiger partial charge is 0.395 e. The molecule has 80 valence electrons. The number of rotatable bonds is 4. The second-order valence-electron chi connectivity index (χ2n) is 2.86. The van der Waals surface area contributed by atoms with Crippen molar-refractivity contribution in [3.8, 4) is 0 Å². The van der Waals surface area contributed by atoms with Crippen molar-refractivity contribution in [3.63, 3.8) is 0 Å². The third kappa shape index (κ3) is 4.24. The molecule has 5 nitrogen and oxygen atoms in total. The van der Waals surface area contributed by atoms with Gasteiger partial charge in [-0.15, -0.1) is 0 Å². The monoisotopic (exact) mass is 207 g/mol. The van der Waals surface area contributed by atoms with Crippen LogP contribution >= 0.6 is 0 Å². The second-order valence-corrected chi connectivity index (χ2v) is 2.86. The fraction of sp³-hybridized carbons (Fsp3) is 0.200. The predicted octanol–water partition coefficient (Wildman–Crippen LogP) is -0.215. The Hall–Kier alpha value is -1.88. The molecule has 1 heterocycles. The van der Waals surface area contributed by atoms with E-state index in [9.17, 15) is 4.79 Å².